The average molecular weight is 287 g/mol. The van der Waals surface area contributed by atoms with Gasteiger partial charge in [-0.1, -0.05) is 6.07 Å². The molecule has 0 radical (unpaired) electrons. The SMILES string of the molecule is CNC1CCCc2ccc(OCCc3ccsc3)cc21. The summed E-state index contributed by atoms with van der Waals surface area (Å²) in [5, 5.41) is 7.72. The molecule has 20 heavy (non-hydrogen) atoms. The van der Waals surface area contributed by atoms with Gasteiger partial charge in [-0.25, -0.2) is 0 Å². The van der Waals surface area contributed by atoms with E-state index in [9.17, 15) is 0 Å². The van der Waals surface area contributed by atoms with Gasteiger partial charge in [0.1, 0.15) is 5.75 Å². The predicted molar refractivity (Wildman–Crippen MR) is 84.7 cm³/mol. The minimum Gasteiger partial charge on any atom is -0.493 e. The van der Waals surface area contributed by atoms with Gasteiger partial charge in [-0.15, -0.1) is 0 Å². The first-order chi connectivity index (χ1) is 9.86. The summed E-state index contributed by atoms with van der Waals surface area (Å²) in [5.41, 5.74) is 4.26. The maximum Gasteiger partial charge on any atom is 0.119 e. The van der Waals surface area contributed by atoms with Crippen molar-refractivity contribution in [2.75, 3.05) is 13.7 Å². The van der Waals surface area contributed by atoms with Crippen LogP contribution < -0.4 is 10.1 Å². The highest BCUT2D eigenvalue weighted by molar-refractivity contribution is 7.07. The second kappa shape index (κ2) is 6.42. The Morgan fingerprint density at radius 1 is 1.35 bits per heavy atom. The van der Waals surface area contributed by atoms with Crippen molar-refractivity contribution in [3.05, 3.63) is 51.7 Å². The van der Waals surface area contributed by atoms with Crippen LogP contribution >= 0.6 is 11.3 Å². The lowest BCUT2D eigenvalue weighted by atomic mass is 9.87. The molecule has 0 saturated carbocycles. The number of nitrogens with one attached hydrogen (secondary N) is 1. The summed E-state index contributed by atoms with van der Waals surface area (Å²) >= 11 is 1.74. The summed E-state index contributed by atoms with van der Waals surface area (Å²) in [7, 11) is 2.05. The predicted octanol–water partition coefficient (Wildman–Crippen LogP) is 3.97. The summed E-state index contributed by atoms with van der Waals surface area (Å²) in [5.74, 6) is 1.00. The van der Waals surface area contributed by atoms with Gasteiger partial charge in [0.2, 0.25) is 0 Å². The number of hydrogen-bond donors (Lipinski definition) is 1. The van der Waals surface area contributed by atoms with Crippen LogP contribution in [-0.2, 0) is 12.8 Å². The second-order valence-electron chi connectivity index (χ2n) is 5.32. The molecule has 0 amide bonds. The zero-order chi connectivity index (χ0) is 13.8. The quantitative estimate of drug-likeness (QED) is 0.898. The van der Waals surface area contributed by atoms with E-state index in [0.717, 1.165) is 18.8 Å². The molecule has 1 aromatic carbocycles. The van der Waals surface area contributed by atoms with E-state index in [1.807, 2.05) is 7.05 Å². The lowest BCUT2D eigenvalue weighted by Crippen LogP contribution is -2.21. The fourth-order valence-electron chi connectivity index (χ4n) is 2.89. The van der Waals surface area contributed by atoms with Crippen LogP contribution in [0.15, 0.2) is 35.0 Å². The Kier molecular flexibility index (Phi) is 4.38. The van der Waals surface area contributed by atoms with Gasteiger partial charge in [0.25, 0.3) is 0 Å². The molecule has 1 unspecified atom stereocenters. The van der Waals surface area contributed by atoms with Gasteiger partial charge in [0, 0.05) is 12.5 Å². The van der Waals surface area contributed by atoms with Gasteiger partial charge in [-0.3, -0.25) is 0 Å². The highest BCUT2D eigenvalue weighted by atomic mass is 32.1. The molecule has 1 aromatic heterocycles. The Bertz CT molecular complexity index is 550. The molecule has 0 aliphatic heterocycles. The molecule has 1 N–H and O–H groups in total. The number of benzene rings is 1. The Balaban J connectivity index is 1.65. The number of thiophene rings is 1. The Morgan fingerprint density at radius 2 is 2.30 bits per heavy atom. The minimum absolute atomic E-state index is 0.485. The smallest absolute Gasteiger partial charge is 0.119 e. The van der Waals surface area contributed by atoms with Crippen molar-refractivity contribution in [3.8, 4) is 5.75 Å². The van der Waals surface area contributed by atoms with Gasteiger partial charge < -0.3 is 10.1 Å². The first kappa shape index (κ1) is 13.7. The summed E-state index contributed by atoms with van der Waals surface area (Å²) in [6.45, 7) is 0.750. The van der Waals surface area contributed by atoms with E-state index in [4.69, 9.17) is 4.74 Å². The van der Waals surface area contributed by atoms with Gasteiger partial charge in [0.15, 0.2) is 0 Å². The molecule has 1 atom stereocenters. The van der Waals surface area contributed by atoms with E-state index >= 15 is 0 Å². The zero-order valence-electron chi connectivity index (χ0n) is 11.9. The van der Waals surface area contributed by atoms with Crippen LogP contribution in [0.5, 0.6) is 5.75 Å². The van der Waals surface area contributed by atoms with Crippen LogP contribution in [-0.4, -0.2) is 13.7 Å². The fraction of sp³-hybridized carbons (Fsp3) is 0.412. The Labute approximate surface area is 124 Å². The normalized spacial score (nSPS) is 17.8. The molecule has 3 rings (SSSR count). The Morgan fingerprint density at radius 3 is 3.10 bits per heavy atom. The number of aryl methyl sites for hydroxylation is 1. The molecular formula is C17H21NOS. The molecule has 1 heterocycles. The van der Waals surface area contributed by atoms with E-state index in [1.165, 1.54) is 36.0 Å². The van der Waals surface area contributed by atoms with Crippen molar-refractivity contribution < 1.29 is 4.74 Å². The molecule has 1 aliphatic carbocycles. The first-order valence-corrected chi connectivity index (χ1v) is 8.25. The van der Waals surface area contributed by atoms with Crippen LogP contribution in [0.25, 0.3) is 0 Å². The zero-order valence-corrected chi connectivity index (χ0v) is 12.7. The van der Waals surface area contributed by atoms with E-state index < -0.39 is 0 Å². The van der Waals surface area contributed by atoms with E-state index in [-0.39, 0.29) is 0 Å². The van der Waals surface area contributed by atoms with Crippen molar-refractivity contribution in [2.45, 2.75) is 31.7 Å². The molecule has 0 fully saturated rings. The van der Waals surface area contributed by atoms with Crippen LogP contribution in [0.4, 0.5) is 0 Å². The molecule has 2 aromatic rings. The van der Waals surface area contributed by atoms with E-state index in [1.54, 1.807) is 11.3 Å². The lowest BCUT2D eigenvalue weighted by Gasteiger charge is -2.25. The second-order valence-corrected chi connectivity index (χ2v) is 6.10. The number of rotatable bonds is 5. The monoisotopic (exact) mass is 287 g/mol. The van der Waals surface area contributed by atoms with Gasteiger partial charge in [0.05, 0.1) is 6.61 Å². The topological polar surface area (TPSA) is 21.3 Å². The minimum atomic E-state index is 0.485. The van der Waals surface area contributed by atoms with Crippen molar-refractivity contribution in [1.82, 2.24) is 5.32 Å². The van der Waals surface area contributed by atoms with Crippen LogP contribution in [0, 0.1) is 0 Å². The third-order valence-corrected chi connectivity index (χ3v) is 4.75. The van der Waals surface area contributed by atoms with Gasteiger partial charge in [-0.05, 0) is 72.0 Å². The fourth-order valence-corrected chi connectivity index (χ4v) is 3.59. The molecule has 0 bridgehead atoms. The third-order valence-electron chi connectivity index (χ3n) is 4.02. The molecule has 2 nitrogen and oxygen atoms in total. The molecule has 3 heteroatoms. The molecular weight excluding hydrogens is 266 g/mol. The molecule has 0 saturated heterocycles. The third kappa shape index (κ3) is 3.05. The van der Waals surface area contributed by atoms with Crippen molar-refractivity contribution in [1.29, 1.82) is 0 Å². The van der Waals surface area contributed by atoms with Crippen molar-refractivity contribution in [3.63, 3.8) is 0 Å². The Hall–Kier alpha value is -1.32. The number of ether oxygens (including phenoxy) is 1. The maximum atomic E-state index is 5.92. The van der Waals surface area contributed by atoms with Crippen LogP contribution in [0.2, 0.25) is 0 Å². The standard InChI is InChI=1S/C17H21NOS/c1-18-17-4-2-3-14-5-6-15(11-16(14)17)19-9-7-13-8-10-20-12-13/h5-6,8,10-12,17-18H,2-4,7,9H2,1H3. The lowest BCUT2D eigenvalue weighted by molar-refractivity contribution is 0.320. The van der Waals surface area contributed by atoms with E-state index in [2.05, 4.69) is 40.3 Å². The van der Waals surface area contributed by atoms with E-state index in [0.29, 0.717) is 6.04 Å². The average Bonchev–Trinajstić information content (AvgIpc) is 3.00. The highest BCUT2D eigenvalue weighted by Crippen LogP contribution is 2.32. The largest absolute Gasteiger partial charge is 0.493 e. The van der Waals surface area contributed by atoms with Gasteiger partial charge >= 0.3 is 0 Å². The highest BCUT2D eigenvalue weighted by Gasteiger charge is 2.19. The molecule has 106 valence electrons. The van der Waals surface area contributed by atoms with Crippen molar-refractivity contribution >= 4 is 11.3 Å². The molecule has 1 aliphatic rings. The number of fused-ring (bicyclic) bond motifs is 1. The first-order valence-electron chi connectivity index (χ1n) is 7.31. The molecule has 0 spiro atoms. The van der Waals surface area contributed by atoms with Crippen LogP contribution in [0.1, 0.15) is 35.6 Å². The summed E-state index contributed by atoms with van der Waals surface area (Å²) in [6.07, 6.45) is 4.68. The number of hydrogen-bond acceptors (Lipinski definition) is 3. The van der Waals surface area contributed by atoms with Crippen molar-refractivity contribution in [2.24, 2.45) is 0 Å². The summed E-state index contributed by atoms with van der Waals surface area (Å²) < 4.78 is 5.92. The van der Waals surface area contributed by atoms with Crippen LogP contribution in [0.3, 0.4) is 0 Å². The summed E-state index contributed by atoms with van der Waals surface area (Å²) in [4.78, 5) is 0. The maximum absolute atomic E-state index is 5.92. The van der Waals surface area contributed by atoms with Gasteiger partial charge in [-0.2, -0.15) is 11.3 Å². The summed E-state index contributed by atoms with van der Waals surface area (Å²) in [6, 6.07) is 9.23.